The first-order chi connectivity index (χ1) is 13.5. The van der Waals surface area contributed by atoms with Gasteiger partial charge in [-0.2, -0.15) is 0 Å². The molecule has 2 aromatic carbocycles. The molecule has 2 aromatic rings. The van der Waals surface area contributed by atoms with E-state index in [0.717, 1.165) is 12.8 Å². The van der Waals surface area contributed by atoms with Gasteiger partial charge in [-0.15, -0.1) is 24.8 Å². The van der Waals surface area contributed by atoms with Gasteiger partial charge in [0.15, 0.2) is 0 Å². The van der Waals surface area contributed by atoms with Crippen molar-refractivity contribution in [1.82, 2.24) is 0 Å². The number of benzene rings is 2. The van der Waals surface area contributed by atoms with Gasteiger partial charge >= 0.3 is 0 Å². The van der Waals surface area contributed by atoms with Gasteiger partial charge in [0, 0.05) is 11.1 Å². The second-order valence-corrected chi connectivity index (χ2v) is 5.91. The molecule has 0 amide bonds. The van der Waals surface area contributed by atoms with Crippen molar-refractivity contribution in [2.24, 2.45) is 0 Å². The Labute approximate surface area is 169 Å². The van der Waals surface area contributed by atoms with E-state index in [2.05, 4.69) is 13.2 Å². The van der Waals surface area contributed by atoms with E-state index >= 15 is 0 Å². The van der Waals surface area contributed by atoms with Gasteiger partial charge in [-0.25, -0.2) is 8.78 Å². The predicted molar refractivity (Wildman–Crippen MR) is 109 cm³/mol. The van der Waals surface area contributed by atoms with Crippen LogP contribution in [0, 0.1) is 11.6 Å². The van der Waals surface area contributed by atoms with E-state index in [1.807, 2.05) is 0 Å². The van der Waals surface area contributed by atoms with Crippen molar-refractivity contribution in [3.8, 4) is 11.5 Å². The van der Waals surface area contributed by atoms with E-state index in [1.54, 1.807) is 18.2 Å². The lowest BCUT2D eigenvalue weighted by atomic mass is 10.2. The molecule has 0 saturated carbocycles. The summed E-state index contributed by atoms with van der Waals surface area (Å²) >= 11 is 5.65. The van der Waals surface area contributed by atoms with Crippen molar-refractivity contribution in [3.63, 3.8) is 0 Å². The molecule has 0 saturated heterocycles. The van der Waals surface area contributed by atoms with E-state index in [-0.39, 0.29) is 24.1 Å². The maximum absolute atomic E-state index is 12.8. The lowest BCUT2D eigenvalue weighted by molar-refractivity contribution is 0.263. The van der Waals surface area contributed by atoms with Crippen LogP contribution in [0.5, 0.6) is 11.5 Å². The summed E-state index contributed by atoms with van der Waals surface area (Å²) < 4.78 is 36.3. The van der Waals surface area contributed by atoms with Gasteiger partial charge in [0.1, 0.15) is 23.1 Å². The number of aliphatic hydroxyl groups is 1. The molecule has 0 bridgehead atoms. The molecule has 0 fully saturated rings. The van der Waals surface area contributed by atoms with Gasteiger partial charge in [0.25, 0.3) is 0 Å². The molecule has 0 heterocycles. The van der Waals surface area contributed by atoms with Crippen LogP contribution in [0.2, 0.25) is 0 Å². The third-order valence-corrected chi connectivity index (χ3v) is 3.81. The van der Waals surface area contributed by atoms with Crippen molar-refractivity contribution < 1.29 is 23.4 Å². The predicted octanol–water partition coefficient (Wildman–Crippen LogP) is 5.79. The smallest absolute Gasteiger partial charge is 0.125 e. The fourth-order valence-corrected chi connectivity index (χ4v) is 2.32. The van der Waals surface area contributed by atoms with Gasteiger partial charge in [-0.3, -0.25) is 0 Å². The molecule has 0 atom stereocenters. The van der Waals surface area contributed by atoms with Gasteiger partial charge in [-0.05, 0) is 49.2 Å². The summed E-state index contributed by atoms with van der Waals surface area (Å²) in [7, 11) is 0. The summed E-state index contributed by atoms with van der Waals surface area (Å²) in [6.45, 7) is 7.95. The minimum atomic E-state index is -0.370. The highest BCUT2D eigenvalue weighted by molar-refractivity contribution is 6.17. The van der Waals surface area contributed by atoms with E-state index in [1.165, 1.54) is 30.3 Å². The third kappa shape index (κ3) is 8.55. The molecular formula is C22H25ClF2O3. The average Bonchev–Trinajstić information content (AvgIpc) is 2.70. The van der Waals surface area contributed by atoms with Crippen molar-refractivity contribution >= 4 is 11.6 Å². The lowest BCUT2D eigenvalue weighted by Gasteiger charge is -2.08. The van der Waals surface area contributed by atoms with Crippen molar-refractivity contribution in [3.05, 3.63) is 84.5 Å². The maximum Gasteiger partial charge on any atom is 0.125 e. The number of hydrogen-bond acceptors (Lipinski definition) is 3. The first-order valence-corrected chi connectivity index (χ1v) is 9.30. The summed E-state index contributed by atoms with van der Waals surface area (Å²) in [5.74, 6) is 0.752. The van der Waals surface area contributed by atoms with Crippen LogP contribution in [0.25, 0.3) is 0 Å². The molecule has 0 radical (unpaired) electrons. The molecule has 0 aliphatic carbocycles. The summed E-state index contributed by atoms with van der Waals surface area (Å²) in [4.78, 5) is 0. The molecule has 0 aliphatic rings. The third-order valence-electron chi connectivity index (χ3n) is 3.52. The Bertz CT molecular complexity index is 687. The minimum absolute atomic E-state index is 0.221. The topological polar surface area (TPSA) is 38.7 Å². The highest BCUT2D eigenvalue weighted by Gasteiger charge is 2.04. The zero-order valence-electron chi connectivity index (χ0n) is 15.7. The molecule has 28 heavy (non-hydrogen) atoms. The molecule has 6 heteroatoms. The largest absolute Gasteiger partial charge is 0.493 e. The van der Waals surface area contributed by atoms with Gasteiger partial charge < -0.3 is 14.6 Å². The van der Waals surface area contributed by atoms with Crippen molar-refractivity contribution in [2.75, 3.05) is 13.2 Å². The van der Waals surface area contributed by atoms with Gasteiger partial charge in [-0.1, -0.05) is 12.2 Å². The number of ether oxygens (including phenoxy) is 2. The zero-order valence-corrected chi connectivity index (χ0v) is 16.4. The molecular weight excluding hydrogens is 386 g/mol. The molecule has 1 N–H and O–H groups in total. The van der Waals surface area contributed by atoms with Crippen LogP contribution in [0.15, 0.2) is 61.7 Å². The Hall–Kier alpha value is -2.37. The Balaban J connectivity index is 0.000000280. The van der Waals surface area contributed by atoms with Crippen LogP contribution >= 0.6 is 11.6 Å². The van der Waals surface area contributed by atoms with Crippen LogP contribution in [0.4, 0.5) is 8.78 Å². The quantitative estimate of drug-likeness (QED) is 0.306. The Morgan fingerprint density at radius 2 is 1.32 bits per heavy atom. The highest BCUT2D eigenvalue weighted by Crippen LogP contribution is 2.22. The number of alkyl halides is 1. The van der Waals surface area contributed by atoms with Crippen LogP contribution in [0.3, 0.4) is 0 Å². The van der Waals surface area contributed by atoms with E-state index in [0.29, 0.717) is 35.8 Å². The lowest BCUT2D eigenvalue weighted by Crippen LogP contribution is -1.99. The molecule has 0 aromatic heterocycles. The normalized spacial score (nSPS) is 9.86. The number of rotatable bonds is 10. The Morgan fingerprint density at radius 3 is 1.75 bits per heavy atom. The molecule has 0 unspecified atom stereocenters. The van der Waals surface area contributed by atoms with Crippen LogP contribution in [-0.2, 0) is 12.5 Å². The molecule has 152 valence electrons. The van der Waals surface area contributed by atoms with Crippen molar-refractivity contribution in [2.45, 2.75) is 25.3 Å². The monoisotopic (exact) mass is 410 g/mol. The van der Waals surface area contributed by atoms with E-state index < -0.39 is 0 Å². The average molecular weight is 411 g/mol. The van der Waals surface area contributed by atoms with Crippen molar-refractivity contribution in [1.29, 1.82) is 0 Å². The summed E-state index contributed by atoms with van der Waals surface area (Å²) in [5, 5.41) is 8.93. The molecule has 0 aliphatic heterocycles. The fraction of sp³-hybridized carbons (Fsp3) is 0.273. The number of aliphatic hydroxyl groups excluding tert-OH is 1. The molecule has 0 spiro atoms. The number of halogens is 3. The zero-order chi connectivity index (χ0) is 20.8. The Kier molecular flexibility index (Phi) is 11.6. The minimum Gasteiger partial charge on any atom is -0.493 e. The summed E-state index contributed by atoms with van der Waals surface area (Å²) in [6.07, 6.45) is 4.99. The SMILES string of the molecule is C=CCCOc1ccc(F)cc1CCl.C=CCCOc1ccc(F)cc1CO. The van der Waals surface area contributed by atoms with Gasteiger partial charge in [0.2, 0.25) is 0 Å². The van der Waals surface area contributed by atoms with E-state index in [4.69, 9.17) is 26.2 Å². The second-order valence-electron chi connectivity index (χ2n) is 5.65. The summed E-state index contributed by atoms with van der Waals surface area (Å²) in [5.41, 5.74) is 1.14. The Morgan fingerprint density at radius 1 is 0.857 bits per heavy atom. The van der Waals surface area contributed by atoms with Crippen LogP contribution in [-0.4, -0.2) is 18.3 Å². The van der Waals surface area contributed by atoms with Crippen LogP contribution < -0.4 is 9.47 Å². The highest BCUT2D eigenvalue weighted by atomic mass is 35.5. The summed E-state index contributed by atoms with van der Waals surface area (Å²) in [6, 6.07) is 8.43. The van der Waals surface area contributed by atoms with Gasteiger partial charge in [0.05, 0.1) is 25.7 Å². The van der Waals surface area contributed by atoms with Crippen LogP contribution in [0.1, 0.15) is 24.0 Å². The first kappa shape index (κ1) is 23.7. The van der Waals surface area contributed by atoms with E-state index in [9.17, 15) is 8.78 Å². The molecule has 3 nitrogen and oxygen atoms in total. The standard InChI is InChI=1S/C11H12ClFO.C11H13FO2/c1-2-3-6-14-11-5-4-10(13)7-9(11)8-12;1-2-3-6-14-11-5-4-10(12)7-9(11)8-13/h2,4-5,7H,1,3,6,8H2;2,4-5,7,13H,1,3,6,8H2. The fourth-order valence-electron chi connectivity index (χ4n) is 2.11. The maximum atomic E-state index is 12.8. The first-order valence-electron chi connectivity index (χ1n) is 8.76. The second kappa shape index (κ2) is 13.7. The number of hydrogen-bond donors (Lipinski definition) is 1. The molecule has 2 rings (SSSR count).